The minimum Gasteiger partial charge on any atom is -0.316 e. The van der Waals surface area contributed by atoms with Crippen LogP contribution in [0.15, 0.2) is 36.4 Å². The van der Waals surface area contributed by atoms with Gasteiger partial charge in [-0.05, 0) is 47.0 Å². The quantitative estimate of drug-likeness (QED) is 0.659. The highest BCUT2D eigenvalue weighted by molar-refractivity contribution is 5.65. The first-order valence-corrected chi connectivity index (χ1v) is 10.7. The average Bonchev–Trinajstić information content (AvgIpc) is 3.12. The summed E-state index contributed by atoms with van der Waals surface area (Å²) in [6.45, 7) is 14.1. The Kier molecular flexibility index (Phi) is 13.6. The van der Waals surface area contributed by atoms with Crippen LogP contribution in [-0.4, -0.2) is 18.0 Å². The van der Waals surface area contributed by atoms with E-state index >= 15 is 0 Å². The third kappa shape index (κ3) is 8.35. The molecule has 3 rings (SSSR count). The molecule has 0 radical (unpaired) electrons. The van der Waals surface area contributed by atoms with Crippen molar-refractivity contribution in [1.82, 2.24) is 4.90 Å². The van der Waals surface area contributed by atoms with Crippen LogP contribution in [0.25, 0.3) is 11.1 Å². The van der Waals surface area contributed by atoms with Crippen molar-refractivity contribution in [3.05, 3.63) is 58.9 Å². The van der Waals surface area contributed by atoms with Crippen LogP contribution in [0.3, 0.4) is 0 Å². The van der Waals surface area contributed by atoms with Crippen molar-refractivity contribution in [3.8, 4) is 17.2 Å². The number of hydrogen-bond donors (Lipinski definition) is 1. The number of rotatable bonds is 3. The van der Waals surface area contributed by atoms with Crippen LogP contribution in [0.1, 0.15) is 64.7 Å². The normalized spacial score (nSPS) is 12.7. The Morgan fingerprint density at radius 1 is 1.00 bits per heavy atom. The van der Waals surface area contributed by atoms with E-state index in [4.69, 9.17) is 11.0 Å². The molecule has 0 saturated carbocycles. The summed E-state index contributed by atoms with van der Waals surface area (Å²) < 4.78 is 14.2. The molecule has 4 heteroatoms. The van der Waals surface area contributed by atoms with Crippen LogP contribution < -0.4 is 5.73 Å². The fourth-order valence-corrected chi connectivity index (χ4v) is 2.92. The van der Waals surface area contributed by atoms with E-state index < -0.39 is 6.04 Å². The van der Waals surface area contributed by atoms with Crippen LogP contribution >= 0.6 is 0 Å². The van der Waals surface area contributed by atoms with E-state index in [0.717, 1.165) is 24.2 Å². The molecule has 160 valence electrons. The molecule has 1 aliphatic rings. The van der Waals surface area contributed by atoms with E-state index in [1.165, 1.54) is 23.6 Å². The Morgan fingerprint density at radius 3 is 2.07 bits per heavy atom. The molecule has 0 unspecified atom stereocenters. The van der Waals surface area contributed by atoms with E-state index in [0.29, 0.717) is 5.56 Å². The Balaban J connectivity index is 0.00000100. The second-order valence-electron chi connectivity index (χ2n) is 6.61. The topological polar surface area (TPSA) is 53.0 Å². The molecular formula is C25H38FN3. The molecule has 0 aliphatic carbocycles. The van der Waals surface area contributed by atoms with E-state index in [1.807, 2.05) is 45.9 Å². The lowest BCUT2D eigenvalue weighted by Gasteiger charge is -2.09. The third-order valence-electron chi connectivity index (χ3n) is 4.08. The van der Waals surface area contributed by atoms with Gasteiger partial charge < -0.3 is 5.73 Å². The van der Waals surface area contributed by atoms with Crippen molar-refractivity contribution in [3.63, 3.8) is 0 Å². The van der Waals surface area contributed by atoms with Crippen molar-refractivity contribution in [1.29, 1.82) is 5.26 Å². The number of nitrogens with zero attached hydrogens (tertiary/aromatic N) is 2. The second-order valence-corrected chi connectivity index (χ2v) is 6.61. The number of hydrogen-bond acceptors (Lipinski definition) is 3. The number of nitriles is 1. The second kappa shape index (κ2) is 14.7. The Bertz CT molecular complexity index is 765. The van der Waals surface area contributed by atoms with Crippen molar-refractivity contribution >= 4 is 0 Å². The van der Waals surface area contributed by atoms with Gasteiger partial charge >= 0.3 is 0 Å². The molecule has 29 heavy (non-hydrogen) atoms. The van der Waals surface area contributed by atoms with E-state index in [-0.39, 0.29) is 12.2 Å². The number of fused-ring (bicyclic) bond motifs is 1. The van der Waals surface area contributed by atoms with Crippen molar-refractivity contribution in [2.75, 3.05) is 7.05 Å². The predicted octanol–water partition coefficient (Wildman–Crippen LogP) is 6.30. The van der Waals surface area contributed by atoms with Crippen LogP contribution in [0.5, 0.6) is 0 Å². The Hall–Kier alpha value is -2.22. The van der Waals surface area contributed by atoms with Gasteiger partial charge in [-0.3, -0.25) is 4.90 Å². The summed E-state index contributed by atoms with van der Waals surface area (Å²) in [5.74, 6) is -0.305. The first-order valence-electron chi connectivity index (χ1n) is 10.7. The maximum atomic E-state index is 14.2. The molecule has 0 spiro atoms. The van der Waals surface area contributed by atoms with Crippen LogP contribution in [0.2, 0.25) is 0 Å². The molecule has 2 aromatic carbocycles. The van der Waals surface area contributed by atoms with Gasteiger partial charge in [-0.1, -0.05) is 72.2 Å². The van der Waals surface area contributed by atoms with Gasteiger partial charge in [0, 0.05) is 19.5 Å². The minimum atomic E-state index is -0.670. The molecule has 1 atom stereocenters. The summed E-state index contributed by atoms with van der Waals surface area (Å²) in [7, 11) is 2.09. The zero-order chi connectivity index (χ0) is 22.4. The molecule has 0 amide bonds. The van der Waals surface area contributed by atoms with E-state index in [2.05, 4.69) is 37.9 Å². The molecule has 0 fully saturated rings. The summed E-state index contributed by atoms with van der Waals surface area (Å²) in [6.07, 6.45) is 1.48. The summed E-state index contributed by atoms with van der Waals surface area (Å²) >= 11 is 0. The van der Waals surface area contributed by atoms with Gasteiger partial charge in [0.15, 0.2) is 0 Å². The van der Waals surface area contributed by atoms with E-state index in [1.54, 1.807) is 6.07 Å². The standard InChI is InChI=1S/C18H18FN3.C3H8.2C2H6/c1-22-10-15-5-3-12(6-16(15)11-22)13-2-4-14(18(19)8-13)7-17(21)9-20;1-3-2;2*1-2/h2-6,8,17H,7,10-11,21H2,1H3;3H2,1-2H3;2*1-2H3/t17-;;;/m0.../s1. The monoisotopic (exact) mass is 399 g/mol. The molecular weight excluding hydrogens is 361 g/mol. The van der Waals surface area contributed by atoms with Crippen molar-refractivity contribution in [2.45, 2.75) is 73.5 Å². The first-order chi connectivity index (χ1) is 14.0. The zero-order valence-corrected chi connectivity index (χ0v) is 19.2. The minimum absolute atomic E-state index is 0.234. The van der Waals surface area contributed by atoms with E-state index in [9.17, 15) is 4.39 Å². The third-order valence-corrected chi connectivity index (χ3v) is 4.08. The number of halogens is 1. The van der Waals surface area contributed by atoms with Crippen LogP contribution in [0.4, 0.5) is 4.39 Å². The average molecular weight is 400 g/mol. The molecule has 3 nitrogen and oxygen atoms in total. The summed E-state index contributed by atoms with van der Waals surface area (Å²) in [5.41, 5.74) is 10.6. The molecule has 0 saturated heterocycles. The lowest BCUT2D eigenvalue weighted by atomic mass is 9.98. The van der Waals surface area contributed by atoms with Gasteiger partial charge in [0.2, 0.25) is 0 Å². The smallest absolute Gasteiger partial charge is 0.127 e. The zero-order valence-electron chi connectivity index (χ0n) is 19.2. The molecule has 0 bridgehead atoms. The van der Waals surface area contributed by atoms with Crippen LogP contribution in [-0.2, 0) is 19.5 Å². The Labute approximate surface area is 177 Å². The largest absolute Gasteiger partial charge is 0.316 e. The highest BCUT2D eigenvalue weighted by Gasteiger charge is 2.16. The lowest BCUT2D eigenvalue weighted by Crippen LogP contribution is -2.20. The van der Waals surface area contributed by atoms with Gasteiger partial charge in [-0.15, -0.1) is 0 Å². The van der Waals surface area contributed by atoms with Gasteiger partial charge in [-0.25, -0.2) is 4.39 Å². The predicted molar refractivity (Wildman–Crippen MR) is 123 cm³/mol. The van der Waals surface area contributed by atoms with Gasteiger partial charge in [0.1, 0.15) is 5.82 Å². The van der Waals surface area contributed by atoms with Gasteiger partial charge in [-0.2, -0.15) is 5.26 Å². The van der Waals surface area contributed by atoms with Crippen LogP contribution in [0, 0.1) is 17.1 Å². The first kappa shape index (κ1) is 26.8. The number of benzene rings is 2. The van der Waals surface area contributed by atoms with Crippen molar-refractivity contribution < 1.29 is 4.39 Å². The molecule has 0 aromatic heterocycles. The van der Waals surface area contributed by atoms with Gasteiger partial charge in [0.25, 0.3) is 0 Å². The summed E-state index contributed by atoms with van der Waals surface area (Å²) in [6, 6.07) is 12.7. The maximum Gasteiger partial charge on any atom is 0.127 e. The molecule has 1 aliphatic heterocycles. The molecule has 2 N–H and O–H groups in total. The number of nitrogens with two attached hydrogens (primary N) is 1. The SMILES string of the molecule is CC.CC.CCC.CN1Cc2ccc(-c3ccc(C[C@H](N)C#N)c(F)c3)cc2C1. The highest BCUT2D eigenvalue weighted by atomic mass is 19.1. The lowest BCUT2D eigenvalue weighted by molar-refractivity contribution is 0.353. The maximum absolute atomic E-state index is 14.2. The summed E-state index contributed by atoms with van der Waals surface area (Å²) in [5, 5.41) is 8.73. The van der Waals surface area contributed by atoms with Crippen molar-refractivity contribution in [2.24, 2.45) is 5.73 Å². The molecule has 2 aromatic rings. The van der Waals surface area contributed by atoms with Gasteiger partial charge in [0.05, 0.1) is 12.1 Å². The fraction of sp³-hybridized carbons (Fsp3) is 0.480. The fourth-order valence-electron chi connectivity index (χ4n) is 2.92. The Morgan fingerprint density at radius 2 is 1.52 bits per heavy atom. The summed E-state index contributed by atoms with van der Waals surface area (Å²) in [4.78, 5) is 2.25. The highest BCUT2D eigenvalue weighted by Crippen LogP contribution is 2.28. The molecule has 1 heterocycles.